The average molecular weight is 1070 g/mol. The molecule has 0 saturated heterocycles. The van der Waals surface area contributed by atoms with Crippen molar-refractivity contribution in [2.75, 3.05) is 0 Å². The van der Waals surface area contributed by atoms with Crippen LogP contribution in [-0.2, 0) is 44.7 Å². The zero-order chi connectivity index (χ0) is 18.9. The Hall–Kier alpha value is 4.30. The molecule has 0 nitrogen and oxygen atoms in total. The van der Waals surface area contributed by atoms with E-state index in [2.05, 4.69) is 159 Å². The van der Waals surface area contributed by atoms with Crippen molar-refractivity contribution in [2.45, 2.75) is 9.79 Å². The Labute approximate surface area is 253 Å². The van der Waals surface area contributed by atoms with Gasteiger partial charge in [-0.1, -0.05) is 63.7 Å². The van der Waals surface area contributed by atoms with E-state index in [0.717, 1.165) is 54.5 Å². The molecule has 0 radical (unpaired) electrons. The Morgan fingerprint density at radius 3 is 0.600 bits per heavy atom. The first-order valence-electron chi connectivity index (χ1n) is 5.30. The zero-order valence-corrected chi connectivity index (χ0v) is 31.8. The van der Waals surface area contributed by atoms with Crippen LogP contribution < -0.4 is 0 Å². The fraction of sp³-hybridized carbons (Fsp3) is 0. The Balaban J connectivity index is 0.000000443. The van der Waals surface area contributed by atoms with E-state index in [-0.39, 0.29) is 19.5 Å². The van der Waals surface area contributed by atoms with Crippen LogP contribution in [0.1, 0.15) is 0 Å². The second-order valence-corrected chi connectivity index (χ2v) is 12.5. The Kier molecular flexibility index (Phi) is 15.2. The fourth-order valence-corrected chi connectivity index (χ4v) is 8.20. The van der Waals surface area contributed by atoms with E-state index in [9.17, 15) is 0 Å². The van der Waals surface area contributed by atoms with Gasteiger partial charge in [0, 0.05) is 44.7 Å². The summed E-state index contributed by atoms with van der Waals surface area (Å²) >= 11 is 44.3. The summed E-state index contributed by atoms with van der Waals surface area (Å²) in [7, 11) is 0. The molecule has 2 aromatic rings. The second-order valence-electron chi connectivity index (χ2n) is 3.80. The Morgan fingerprint density at radius 1 is 0.320 bits per heavy atom. The first-order chi connectivity index (χ1) is 10.9. The van der Waals surface area contributed by atoms with Crippen LogP contribution in [0.15, 0.2) is 54.5 Å². The first kappa shape index (κ1) is 29.3. The third-order valence-electron chi connectivity index (χ3n) is 2.34. The van der Waals surface area contributed by atoms with Gasteiger partial charge in [-0.05, 0) is 95.6 Å². The summed E-state index contributed by atoms with van der Waals surface area (Å²) in [6.45, 7) is 0. The summed E-state index contributed by atoms with van der Waals surface area (Å²) in [4.78, 5) is 1.49. The standard InChI is InChI=1S/2C6HBr5S.Zn/c2*7-1-2(8)4(10)6(12)5(11)3(1)9;/h2*12H;/q;;+2/p-2. The van der Waals surface area contributed by atoms with Crippen molar-refractivity contribution in [2.24, 2.45) is 0 Å². The minimum atomic E-state index is 0. The van der Waals surface area contributed by atoms with Crippen molar-refractivity contribution in [1.82, 2.24) is 0 Å². The molecule has 0 N–H and O–H groups in total. The van der Waals surface area contributed by atoms with Crippen LogP contribution >= 0.6 is 159 Å². The van der Waals surface area contributed by atoms with Crippen molar-refractivity contribution in [3.8, 4) is 0 Å². The molecule has 0 atom stereocenters. The summed E-state index contributed by atoms with van der Waals surface area (Å²) in [6, 6.07) is 0. The molecule has 0 fully saturated rings. The number of hydrogen-bond donors (Lipinski definition) is 0. The predicted octanol–water partition coefficient (Wildman–Crippen LogP) is 10.8. The summed E-state index contributed by atoms with van der Waals surface area (Å²) in [6.07, 6.45) is 0. The van der Waals surface area contributed by atoms with Gasteiger partial charge in [-0.15, -0.1) is 9.79 Å². The number of rotatable bonds is 0. The maximum Gasteiger partial charge on any atom is 2.00 e. The maximum atomic E-state index is 5.15. The van der Waals surface area contributed by atoms with Crippen LogP contribution in [0.3, 0.4) is 0 Å². The van der Waals surface area contributed by atoms with Crippen molar-refractivity contribution in [3.63, 3.8) is 0 Å². The van der Waals surface area contributed by atoms with Crippen LogP contribution in [0.4, 0.5) is 0 Å². The van der Waals surface area contributed by atoms with Gasteiger partial charge < -0.3 is 25.3 Å². The van der Waals surface area contributed by atoms with Crippen molar-refractivity contribution in [3.05, 3.63) is 44.7 Å². The molecule has 0 unspecified atom stereocenters. The van der Waals surface area contributed by atoms with Crippen molar-refractivity contribution in [1.29, 1.82) is 0 Å². The molecule has 2 aromatic carbocycles. The number of halogens is 10. The molecular formula is C12Br10S2Zn. The SMILES string of the molecule is [S-]c1c(Br)c(Br)c(Br)c(Br)c1Br.[S-]c1c(Br)c(Br)c(Br)c(Br)c1Br.[Zn+2]. The first-order valence-corrected chi connectivity index (χ1v) is 14.0. The molecule has 0 saturated carbocycles. The monoisotopic (exact) mass is 1060 g/mol. The van der Waals surface area contributed by atoms with E-state index in [1.54, 1.807) is 0 Å². The molecule has 0 bridgehead atoms. The van der Waals surface area contributed by atoms with E-state index < -0.39 is 0 Å². The van der Waals surface area contributed by atoms with Gasteiger partial charge >= 0.3 is 19.5 Å². The van der Waals surface area contributed by atoms with E-state index in [0.29, 0.717) is 0 Å². The third kappa shape index (κ3) is 7.16. The molecule has 2 rings (SSSR count). The maximum absolute atomic E-state index is 5.15. The average Bonchev–Trinajstić information content (AvgIpc) is 2.58. The van der Waals surface area contributed by atoms with E-state index in [1.807, 2.05) is 0 Å². The largest absolute Gasteiger partial charge is 2.00 e. The summed E-state index contributed by atoms with van der Waals surface area (Å²) in [5.41, 5.74) is 0. The van der Waals surface area contributed by atoms with Gasteiger partial charge in [0.2, 0.25) is 0 Å². The Bertz CT molecular complexity index is 534. The normalized spacial score (nSPS) is 10.0. The molecule has 0 spiro atoms. The molecule has 25 heavy (non-hydrogen) atoms. The van der Waals surface area contributed by atoms with Crippen LogP contribution in [0, 0.1) is 0 Å². The van der Waals surface area contributed by atoms with Gasteiger partial charge in [-0.25, -0.2) is 0 Å². The summed E-state index contributed by atoms with van der Waals surface area (Å²) < 4.78 is 9.05. The molecule has 0 aliphatic carbocycles. The van der Waals surface area contributed by atoms with Crippen molar-refractivity contribution < 1.29 is 19.5 Å². The molecule has 13 heteroatoms. The number of benzene rings is 2. The smallest absolute Gasteiger partial charge is 0.777 e. The fourth-order valence-electron chi connectivity index (χ4n) is 1.17. The molecule has 132 valence electrons. The predicted molar refractivity (Wildman–Crippen MR) is 141 cm³/mol. The summed E-state index contributed by atoms with van der Waals surface area (Å²) in [5, 5.41) is 0. The minimum absolute atomic E-state index is 0. The van der Waals surface area contributed by atoms with Gasteiger partial charge in [-0.2, -0.15) is 0 Å². The Morgan fingerprint density at radius 2 is 0.440 bits per heavy atom. The van der Waals surface area contributed by atoms with Crippen LogP contribution in [0.5, 0.6) is 0 Å². The molecule has 0 amide bonds. The van der Waals surface area contributed by atoms with E-state index in [4.69, 9.17) is 25.3 Å². The molecule has 0 heterocycles. The molecule has 0 aliphatic heterocycles. The van der Waals surface area contributed by atoms with Gasteiger partial charge in [0.1, 0.15) is 0 Å². The van der Waals surface area contributed by atoms with E-state index in [1.165, 1.54) is 0 Å². The van der Waals surface area contributed by atoms with E-state index >= 15 is 0 Å². The summed E-state index contributed by atoms with van der Waals surface area (Å²) in [5.74, 6) is 0. The van der Waals surface area contributed by atoms with Gasteiger partial charge in [0.25, 0.3) is 0 Å². The van der Waals surface area contributed by atoms with Crippen LogP contribution in [0.2, 0.25) is 0 Å². The third-order valence-corrected chi connectivity index (χ3v) is 16.4. The van der Waals surface area contributed by atoms with Gasteiger partial charge in [0.15, 0.2) is 0 Å². The minimum Gasteiger partial charge on any atom is -0.777 e. The number of hydrogen-bond acceptors (Lipinski definition) is 2. The van der Waals surface area contributed by atoms with Gasteiger partial charge in [-0.3, -0.25) is 0 Å². The van der Waals surface area contributed by atoms with Crippen LogP contribution in [-0.4, -0.2) is 0 Å². The van der Waals surface area contributed by atoms with Crippen molar-refractivity contribution >= 4 is 185 Å². The van der Waals surface area contributed by atoms with Crippen LogP contribution in [0.25, 0.3) is 0 Å². The van der Waals surface area contributed by atoms with Gasteiger partial charge in [0.05, 0.1) is 0 Å². The molecule has 0 aliphatic rings. The topological polar surface area (TPSA) is 0 Å². The quantitative estimate of drug-likeness (QED) is 0.112. The molecular weight excluding hydrogens is 1070 g/mol. The molecule has 0 aromatic heterocycles. The second kappa shape index (κ2) is 13.0. The zero-order valence-electron chi connectivity index (χ0n) is 11.3.